The molecule has 144 valence electrons. The lowest BCUT2D eigenvalue weighted by molar-refractivity contribution is -0.132. The van der Waals surface area contributed by atoms with Gasteiger partial charge in [0.1, 0.15) is 17.5 Å². The Hall–Kier alpha value is -2.44. The zero-order valence-corrected chi connectivity index (χ0v) is 16.3. The molecule has 2 aliphatic heterocycles. The maximum atomic E-state index is 12.8. The van der Waals surface area contributed by atoms with Crippen molar-refractivity contribution in [2.75, 3.05) is 24.5 Å². The van der Waals surface area contributed by atoms with E-state index in [1.165, 1.54) is 18.4 Å². The lowest BCUT2D eigenvalue weighted by atomic mass is 10.0. The summed E-state index contributed by atoms with van der Waals surface area (Å²) in [6.45, 7) is 8.24. The van der Waals surface area contributed by atoms with Crippen LogP contribution in [0.2, 0.25) is 0 Å². The Balaban J connectivity index is 1.45. The Morgan fingerprint density at radius 1 is 1.19 bits per heavy atom. The number of imidazole rings is 1. The molecule has 0 atom stereocenters. The SMILES string of the molecule is CCc1nccn1CCC(=O)N1CCc2c(nc(C)nc2N2CCCC2)C1. The first-order valence-corrected chi connectivity index (χ1v) is 10.0. The van der Waals surface area contributed by atoms with E-state index in [1.54, 1.807) is 6.20 Å². The summed E-state index contributed by atoms with van der Waals surface area (Å²) in [5.74, 6) is 3.13. The zero-order valence-electron chi connectivity index (χ0n) is 16.3. The van der Waals surface area contributed by atoms with Crippen molar-refractivity contribution in [3.8, 4) is 0 Å². The van der Waals surface area contributed by atoms with Gasteiger partial charge in [-0.25, -0.2) is 15.0 Å². The Labute approximate surface area is 160 Å². The third-order valence-electron chi connectivity index (χ3n) is 5.60. The molecule has 0 radical (unpaired) electrons. The maximum Gasteiger partial charge on any atom is 0.224 e. The lowest BCUT2D eigenvalue weighted by Gasteiger charge is -2.31. The summed E-state index contributed by atoms with van der Waals surface area (Å²) in [7, 11) is 0. The number of nitrogens with zero attached hydrogens (tertiary/aromatic N) is 6. The first kappa shape index (κ1) is 17.9. The van der Waals surface area contributed by atoms with Crippen LogP contribution in [0.5, 0.6) is 0 Å². The van der Waals surface area contributed by atoms with Crippen molar-refractivity contribution >= 4 is 11.7 Å². The summed E-state index contributed by atoms with van der Waals surface area (Å²) >= 11 is 0. The van der Waals surface area contributed by atoms with Gasteiger partial charge in [-0.3, -0.25) is 4.79 Å². The summed E-state index contributed by atoms with van der Waals surface area (Å²) < 4.78 is 2.08. The number of anilines is 1. The van der Waals surface area contributed by atoms with Crippen LogP contribution < -0.4 is 4.90 Å². The number of aryl methyl sites for hydroxylation is 3. The van der Waals surface area contributed by atoms with Crippen LogP contribution in [0.25, 0.3) is 0 Å². The van der Waals surface area contributed by atoms with E-state index in [2.05, 4.69) is 26.4 Å². The van der Waals surface area contributed by atoms with Crippen LogP contribution in [0, 0.1) is 6.92 Å². The number of carbonyl (C=O) groups is 1. The minimum Gasteiger partial charge on any atom is -0.356 e. The largest absolute Gasteiger partial charge is 0.356 e. The zero-order chi connectivity index (χ0) is 18.8. The number of amides is 1. The Bertz CT molecular complexity index is 824. The number of rotatable bonds is 5. The molecule has 27 heavy (non-hydrogen) atoms. The third-order valence-corrected chi connectivity index (χ3v) is 5.60. The third kappa shape index (κ3) is 3.68. The topological polar surface area (TPSA) is 67.2 Å². The van der Waals surface area contributed by atoms with Gasteiger partial charge in [-0.05, 0) is 26.2 Å². The van der Waals surface area contributed by atoms with Crippen LogP contribution in [0.4, 0.5) is 5.82 Å². The van der Waals surface area contributed by atoms with Crippen molar-refractivity contribution in [3.63, 3.8) is 0 Å². The van der Waals surface area contributed by atoms with E-state index in [4.69, 9.17) is 4.98 Å². The van der Waals surface area contributed by atoms with Gasteiger partial charge >= 0.3 is 0 Å². The molecule has 4 heterocycles. The standard InChI is InChI=1S/C20H28N6O/c1-3-18-21-8-13-24(18)12-7-19(27)26-11-6-16-17(14-26)22-15(2)23-20(16)25-9-4-5-10-25/h8,13H,3-7,9-12,14H2,1-2H3. The van der Waals surface area contributed by atoms with Crippen molar-refractivity contribution in [2.45, 2.75) is 59.0 Å². The smallest absolute Gasteiger partial charge is 0.224 e. The molecule has 2 aliphatic rings. The fourth-order valence-electron chi connectivity index (χ4n) is 4.17. The molecule has 4 rings (SSSR count). The fourth-order valence-corrected chi connectivity index (χ4v) is 4.17. The van der Waals surface area contributed by atoms with E-state index in [1.807, 2.05) is 18.0 Å². The van der Waals surface area contributed by atoms with Crippen LogP contribution in [-0.4, -0.2) is 50.0 Å². The highest BCUT2D eigenvalue weighted by Crippen LogP contribution is 2.29. The van der Waals surface area contributed by atoms with Crippen LogP contribution >= 0.6 is 0 Å². The first-order chi connectivity index (χ1) is 13.2. The van der Waals surface area contributed by atoms with E-state index in [-0.39, 0.29) is 5.91 Å². The summed E-state index contributed by atoms with van der Waals surface area (Å²) in [4.78, 5) is 30.8. The van der Waals surface area contributed by atoms with E-state index < -0.39 is 0 Å². The molecule has 0 saturated carbocycles. The highest BCUT2D eigenvalue weighted by atomic mass is 16.2. The fraction of sp³-hybridized carbons (Fsp3) is 0.600. The van der Waals surface area contributed by atoms with E-state index in [9.17, 15) is 4.79 Å². The highest BCUT2D eigenvalue weighted by molar-refractivity contribution is 5.76. The van der Waals surface area contributed by atoms with Crippen LogP contribution in [-0.2, 0) is 30.7 Å². The first-order valence-electron chi connectivity index (χ1n) is 10.0. The number of carbonyl (C=O) groups excluding carboxylic acids is 1. The second kappa shape index (κ2) is 7.66. The normalized spacial score (nSPS) is 16.7. The van der Waals surface area contributed by atoms with Crippen LogP contribution in [0.15, 0.2) is 12.4 Å². The molecule has 0 aliphatic carbocycles. The summed E-state index contributed by atoms with van der Waals surface area (Å²) in [5, 5.41) is 0. The maximum absolute atomic E-state index is 12.8. The summed E-state index contributed by atoms with van der Waals surface area (Å²) in [5.41, 5.74) is 2.27. The Morgan fingerprint density at radius 2 is 2.00 bits per heavy atom. The van der Waals surface area contributed by atoms with Crippen molar-refractivity contribution < 1.29 is 4.79 Å². The van der Waals surface area contributed by atoms with Crippen molar-refractivity contribution in [1.82, 2.24) is 24.4 Å². The van der Waals surface area contributed by atoms with Crippen molar-refractivity contribution in [2.24, 2.45) is 0 Å². The number of aromatic nitrogens is 4. The number of hydrogen-bond donors (Lipinski definition) is 0. The predicted octanol–water partition coefficient (Wildman–Crippen LogP) is 2.12. The molecule has 2 aromatic heterocycles. The Kier molecular flexibility index (Phi) is 5.09. The van der Waals surface area contributed by atoms with E-state index in [0.29, 0.717) is 19.5 Å². The minimum absolute atomic E-state index is 0.190. The second-order valence-electron chi connectivity index (χ2n) is 7.42. The molecule has 0 spiro atoms. The van der Waals surface area contributed by atoms with Crippen molar-refractivity contribution in [1.29, 1.82) is 0 Å². The van der Waals surface area contributed by atoms with Gasteiger partial charge in [-0.1, -0.05) is 6.92 Å². The second-order valence-corrected chi connectivity index (χ2v) is 7.42. The van der Waals surface area contributed by atoms with Crippen LogP contribution in [0.1, 0.15) is 49.1 Å². The Morgan fingerprint density at radius 3 is 2.78 bits per heavy atom. The molecule has 7 nitrogen and oxygen atoms in total. The van der Waals surface area contributed by atoms with E-state index >= 15 is 0 Å². The molecular weight excluding hydrogens is 340 g/mol. The van der Waals surface area contributed by atoms with Gasteiger partial charge in [0.2, 0.25) is 5.91 Å². The number of fused-ring (bicyclic) bond motifs is 1. The van der Waals surface area contributed by atoms with Gasteiger partial charge in [0, 0.05) is 57.0 Å². The molecule has 0 unspecified atom stereocenters. The van der Waals surface area contributed by atoms with Gasteiger partial charge in [-0.2, -0.15) is 0 Å². The molecule has 1 amide bonds. The molecule has 0 aromatic carbocycles. The van der Waals surface area contributed by atoms with Crippen LogP contribution in [0.3, 0.4) is 0 Å². The highest BCUT2D eigenvalue weighted by Gasteiger charge is 2.27. The quantitative estimate of drug-likeness (QED) is 0.809. The molecule has 1 fully saturated rings. The lowest BCUT2D eigenvalue weighted by Crippen LogP contribution is -2.38. The molecular formula is C20H28N6O. The van der Waals surface area contributed by atoms with E-state index in [0.717, 1.165) is 55.6 Å². The predicted molar refractivity (Wildman–Crippen MR) is 104 cm³/mol. The molecule has 7 heteroatoms. The molecule has 0 N–H and O–H groups in total. The van der Waals surface area contributed by atoms with Gasteiger partial charge in [0.25, 0.3) is 0 Å². The minimum atomic E-state index is 0.190. The molecule has 0 bridgehead atoms. The van der Waals surface area contributed by atoms with Gasteiger partial charge in [0.05, 0.1) is 12.2 Å². The molecule has 1 saturated heterocycles. The average molecular weight is 368 g/mol. The molecule has 2 aromatic rings. The van der Waals surface area contributed by atoms with Gasteiger partial charge in [0.15, 0.2) is 0 Å². The van der Waals surface area contributed by atoms with Crippen molar-refractivity contribution in [3.05, 3.63) is 35.3 Å². The van der Waals surface area contributed by atoms with Gasteiger partial charge < -0.3 is 14.4 Å². The summed E-state index contributed by atoms with van der Waals surface area (Å²) in [6, 6.07) is 0. The summed E-state index contributed by atoms with van der Waals surface area (Å²) in [6.07, 6.45) is 8.46. The average Bonchev–Trinajstić information content (AvgIpc) is 3.36. The van der Waals surface area contributed by atoms with Gasteiger partial charge in [-0.15, -0.1) is 0 Å². The number of hydrogen-bond acceptors (Lipinski definition) is 5. The monoisotopic (exact) mass is 368 g/mol.